The van der Waals surface area contributed by atoms with Crippen molar-refractivity contribution < 1.29 is 4.79 Å². The Morgan fingerprint density at radius 1 is 1.13 bits per heavy atom. The fourth-order valence-electron chi connectivity index (χ4n) is 4.00. The third-order valence-corrected chi connectivity index (χ3v) is 7.78. The molecule has 160 valence electrons. The lowest BCUT2D eigenvalue weighted by Gasteiger charge is -2.08. The average molecular weight is 454 g/mol. The van der Waals surface area contributed by atoms with E-state index in [1.165, 1.54) is 11.3 Å². The van der Waals surface area contributed by atoms with E-state index in [4.69, 9.17) is 4.98 Å². The van der Waals surface area contributed by atoms with Gasteiger partial charge >= 0.3 is 0 Å². The van der Waals surface area contributed by atoms with Crippen molar-refractivity contribution in [2.45, 2.75) is 39.2 Å². The first-order chi connectivity index (χ1) is 15.1. The van der Waals surface area contributed by atoms with Crippen LogP contribution in [0.1, 0.15) is 40.3 Å². The zero-order valence-corrected chi connectivity index (χ0v) is 18.9. The number of aromatic nitrogens is 3. The second kappa shape index (κ2) is 8.39. The van der Waals surface area contributed by atoms with Crippen LogP contribution >= 0.6 is 22.7 Å². The van der Waals surface area contributed by atoms with Gasteiger partial charge in [-0.15, -0.1) is 11.3 Å². The van der Waals surface area contributed by atoms with E-state index in [1.807, 2.05) is 31.2 Å². The van der Waals surface area contributed by atoms with Gasteiger partial charge in [0, 0.05) is 26.1 Å². The first-order valence-corrected chi connectivity index (χ1v) is 12.2. The van der Waals surface area contributed by atoms with Crippen molar-refractivity contribution in [1.29, 1.82) is 0 Å². The second-order valence-corrected chi connectivity index (χ2v) is 9.73. The topological polar surface area (TPSA) is 88.9 Å². The van der Waals surface area contributed by atoms with Crippen LogP contribution in [0.2, 0.25) is 0 Å². The van der Waals surface area contributed by atoms with Crippen LogP contribution in [0.25, 0.3) is 20.4 Å². The quantitative estimate of drug-likeness (QED) is 0.447. The molecule has 1 aromatic carbocycles. The molecule has 0 radical (unpaired) electrons. The van der Waals surface area contributed by atoms with Crippen molar-refractivity contribution >= 4 is 54.1 Å². The summed E-state index contributed by atoms with van der Waals surface area (Å²) in [5.41, 5.74) is 1.69. The third-order valence-electron chi connectivity index (χ3n) is 5.60. The molecule has 0 atom stereocenters. The van der Waals surface area contributed by atoms with Crippen LogP contribution in [0.15, 0.2) is 29.1 Å². The van der Waals surface area contributed by atoms with Gasteiger partial charge in [0.2, 0.25) is 0 Å². The fourth-order valence-corrected chi connectivity index (χ4v) is 6.00. The molecule has 0 aliphatic carbocycles. The molecule has 31 heavy (non-hydrogen) atoms. The first kappa shape index (κ1) is 20.1. The molecule has 3 aromatic heterocycles. The molecule has 0 unspecified atom stereocenters. The molecule has 9 heteroatoms. The number of carbonyl (C=O) groups excluding carboxylic acids is 1. The highest BCUT2D eigenvalue weighted by Gasteiger charge is 2.22. The lowest BCUT2D eigenvalue weighted by molar-refractivity contribution is 0.0959. The van der Waals surface area contributed by atoms with Crippen molar-refractivity contribution in [2.24, 2.45) is 0 Å². The van der Waals surface area contributed by atoms with Crippen LogP contribution in [0.3, 0.4) is 0 Å². The summed E-state index contributed by atoms with van der Waals surface area (Å²) >= 11 is 2.91. The molecule has 4 heterocycles. The maximum Gasteiger partial charge on any atom is 0.262 e. The summed E-state index contributed by atoms with van der Waals surface area (Å²) in [6.07, 6.45) is 3.99. The van der Waals surface area contributed by atoms with Gasteiger partial charge < -0.3 is 10.6 Å². The Morgan fingerprint density at radius 3 is 2.87 bits per heavy atom. The number of hydrogen-bond acceptors (Lipinski definition) is 7. The Balaban J connectivity index is 1.28. The first-order valence-electron chi connectivity index (χ1n) is 10.5. The Kier molecular flexibility index (Phi) is 5.45. The molecule has 4 aromatic rings. The number of para-hydroxylation sites is 1. The number of hydrogen-bond donors (Lipinski definition) is 2. The van der Waals surface area contributed by atoms with Crippen molar-refractivity contribution in [3.63, 3.8) is 0 Å². The predicted octanol–water partition coefficient (Wildman–Crippen LogP) is 3.94. The van der Waals surface area contributed by atoms with Gasteiger partial charge in [-0.3, -0.25) is 14.2 Å². The summed E-state index contributed by atoms with van der Waals surface area (Å²) in [4.78, 5) is 36.4. The number of nitrogens with one attached hydrogen (secondary N) is 2. The monoisotopic (exact) mass is 453 g/mol. The number of amides is 1. The largest absolute Gasteiger partial charge is 0.360 e. The SMILES string of the molecule is Cc1c(C(=O)NCCNc2nc3ccccc3s2)sc2nc3n(c(=O)c12)CCCCC3. The Bertz CT molecular complexity index is 1300. The van der Waals surface area contributed by atoms with E-state index in [0.29, 0.717) is 34.7 Å². The minimum absolute atomic E-state index is 0.00722. The summed E-state index contributed by atoms with van der Waals surface area (Å²) in [6, 6.07) is 7.99. The van der Waals surface area contributed by atoms with Crippen LogP contribution in [-0.4, -0.2) is 33.5 Å². The Morgan fingerprint density at radius 2 is 2.00 bits per heavy atom. The van der Waals surface area contributed by atoms with E-state index < -0.39 is 0 Å². The van der Waals surface area contributed by atoms with Crippen molar-refractivity contribution in [1.82, 2.24) is 19.9 Å². The van der Waals surface area contributed by atoms with Gasteiger partial charge in [-0.2, -0.15) is 0 Å². The van der Waals surface area contributed by atoms with Crippen molar-refractivity contribution in [3.8, 4) is 0 Å². The number of benzene rings is 1. The summed E-state index contributed by atoms with van der Waals surface area (Å²) in [6.45, 7) is 3.60. The fraction of sp³-hybridized carbons (Fsp3) is 0.364. The number of carbonyl (C=O) groups is 1. The third kappa shape index (κ3) is 3.83. The zero-order valence-electron chi connectivity index (χ0n) is 17.2. The highest BCUT2D eigenvalue weighted by Crippen LogP contribution is 2.28. The Labute approximate surface area is 187 Å². The standard InChI is InChI=1S/C22H23N5O2S2/c1-13-17-20(26-16-9-3-2-6-12-27(16)21(17)29)31-18(13)19(28)23-10-11-24-22-25-14-7-4-5-8-15(14)30-22/h4-5,7-8H,2-3,6,9-12H2,1H3,(H,23,28)(H,24,25). The molecule has 1 amide bonds. The van der Waals surface area contributed by atoms with Crippen LogP contribution in [-0.2, 0) is 13.0 Å². The van der Waals surface area contributed by atoms with Crippen LogP contribution in [0.5, 0.6) is 0 Å². The molecule has 7 nitrogen and oxygen atoms in total. The highest BCUT2D eigenvalue weighted by atomic mass is 32.1. The van der Waals surface area contributed by atoms with Crippen molar-refractivity contribution in [2.75, 3.05) is 18.4 Å². The van der Waals surface area contributed by atoms with Gasteiger partial charge in [0.1, 0.15) is 10.7 Å². The molecule has 2 N–H and O–H groups in total. The lowest BCUT2D eigenvalue weighted by Crippen LogP contribution is -2.28. The number of nitrogens with zero attached hydrogens (tertiary/aromatic N) is 3. The van der Waals surface area contributed by atoms with Gasteiger partial charge in [-0.05, 0) is 37.5 Å². The van der Waals surface area contributed by atoms with Crippen LogP contribution in [0.4, 0.5) is 5.13 Å². The number of fused-ring (bicyclic) bond motifs is 3. The summed E-state index contributed by atoms with van der Waals surface area (Å²) in [7, 11) is 0. The van der Waals surface area contributed by atoms with Gasteiger partial charge in [0.05, 0.1) is 20.5 Å². The van der Waals surface area contributed by atoms with E-state index >= 15 is 0 Å². The summed E-state index contributed by atoms with van der Waals surface area (Å²) in [5.74, 6) is 0.689. The number of thiophene rings is 1. The van der Waals surface area contributed by atoms with Crippen LogP contribution < -0.4 is 16.2 Å². The number of anilines is 1. The lowest BCUT2D eigenvalue weighted by atomic mass is 10.2. The number of aryl methyl sites for hydroxylation is 2. The normalized spacial score (nSPS) is 13.8. The molecule has 0 bridgehead atoms. The van der Waals surface area contributed by atoms with Gasteiger partial charge in [-0.25, -0.2) is 9.97 Å². The molecular weight excluding hydrogens is 430 g/mol. The molecule has 0 fully saturated rings. The van der Waals surface area contributed by atoms with E-state index in [0.717, 1.165) is 52.4 Å². The summed E-state index contributed by atoms with van der Waals surface area (Å²) < 4.78 is 2.94. The van der Waals surface area contributed by atoms with E-state index in [-0.39, 0.29) is 11.5 Å². The molecule has 1 aliphatic heterocycles. The molecule has 5 rings (SSSR count). The molecular formula is C22H23N5O2S2. The number of thiazole rings is 1. The summed E-state index contributed by atoms with van der Waals surface area (Å²) in [5, 5.41) is 7.65. The zero-order chi connectivity index (χ0) is 21.4. The Hall–Kier alpha value is -2.78. The number of rotatable bonds is 5. The molecule has 0 saturated heterocycles. The molecule has 1 aliphatic rings. The smallest absolute Gasteiger partial charge is 0.262 e. The van der Waals surface area contributed by atoms with E-state index in [9.17, 15) is 9.59 Å². The van der Waals surface area contributed by atoms with Crippen LogP contribution in [0, 0.1) is 6.92 Å². The minimum atomic E-state index is -0.161. The highest BCUT2D eigenvalue weighted by molar-refractivity contribution is 7.22. The maximum atomic E-state index is 13.1. The van der Waals surface area contributed by atoms with Crippen molar-refractivity contribution in [3.05, 3.63) is 50.9 Å². The van der Waals surface area contributed by atoms with Gasteiger partial charge in [0.15, 0.2) is 5.13 Å². The second-order valence-electron chi connectivity index (χ2n) is 7.70. The van der Waals surface area contributed by atoms with E-state index in [2.05, 4.69) is 15.6 Å². The maximum absolute atomic E-state index is 13.1. The minimum Gasteiger partial charge on any atom is -0.360 e. The molecule has 0 spiro atoms. The predicted molar refractivity (Wildman–Crippen MR) is 127 cm³/mol. The van der Waals surface area contributed by atoms with Gasteiger partial charge in [-0.1, -0.05) is 29.9 Å². The van der Waals surface area contributed by atoms with Gasteiger partial charge in [0.25, 0.3) is 11.5 Å². The molecule has 0 saturated carbocycles. The van der Waals surface area contributed by atoms with E-state index in [1.54, 1.807) is 15.9 Å². The average Bonchev–Trinajstić information content (AvgIpc) is 3.23.